The Morgan fingerprint density at radius 2 is 1.56 bits per heavy atom. The van der Waals surface area contributed by atoms with E-state index in [4.69, 9.17) is 9.47 Å². The first-order valence-electron chi connectivity index (χ1n) is 6.49. The van der Waals surface area contributed by atoms with Crippen LogP contribution in [0.1, 0.15) is 26.3 Å². The lowest BCUT2D eigenvalue weighted by Gasteiger charge is -2.16. The van der Waals surface area contributed by atoms with Crippen molar-refractivity contribution in [1.82, 2.24) is 5.32 Å². The van der Waals surface area contributed by atoms with E-state index in [1.54, 1.807) is 14.2 Å². The first-order chi connectivity index (χ1) is 8.56. The van der Waals surface area contributed by atoms with Crippen molar-refractivity contribution in [3.8, 4) is 11.5 Å². The number of hydrogen-bond acceptors (Lipinski definition) is 3. The molecule has 0 saturated heterocycles. The Kier molecular flexibility index (Phi) is 5.99. The zero-order chi connectivity index (χ0) is 13.5. The lowest BCUT2D eigenvalue weighted by atomic mass is 9.98. The molecule has 1 aromatic rings. The Hall–Kier alpha value is -1.22. The highest BCUT2D eigenvalue weighted by molar-refractivity contribution is 5.38. The fraction of sp³-hybridized carbons (Fsp3) is 0.600. The lowest BCUT2D eigenvalue weighted by Crippen LogP contribution is -2.23. The minimum atomic E-state index is 0.678. The molecule has 0 aliphatic carbocycles. The quantitative estimate of drug-likeness (QED) is 0.808. The van der Waals surface area contributed by atoms with Crippen LogP contribution < -0.4 is 14.8 Å². The smallest absolute Gasteiger partial charge is 0.122 e. The Balaban J connectivity index is 2.56. The largest absolute Gasteiger partial charge is 0.497 e. The van der Waals surface area contributed by atoms with E-state index in [2.05, 4.69) is 26.1 Å². The molecule has 0 amide bonds. The average molecular weight is 251 g/mol. The molecule has 0 radical (unpaired) electrons. The van der Waals surface area contributed by atoms with Gasteiger partial charge in [0.1, 0.15) is 11.5 Å². The molecule has 0 aliphatic rings. The maximum atomic E-state index is 5.26. The van der Waals surface area contributed by atoms with Gasteiger partial charge in [0.15, 0.2) is 0 Å². The standard InChI is InChI=1S/C15H25NO2/c1-11(2)12(3)9-16-10-13-6-14(17-4)8-15(7-13)18-5/h6-8,11-12,16H,9-10H2,1-5H3. The molecule has 102 valence electrons. The van der Waals surface area contributed by atoms with Crippen molar-refractivity contribution in [2.45, 2.75) is 27.3 Å². The Bertz CT molecular complexity index is 341. The second-order valence-electron chi connectivity index (χ2n) is 5.07. The van der Waals surface area contributed by atoms with Gasteiger partial charge in [-0.25, -0.2) is 0 Å². The van der Waals surface area contributed by atoms with Crippen LogP contribution in [0.5, 0.6) is 11.5 Å². The highest BCUT2D eigenvalue weighted by Crippen LogP contribution is 2.22. The van der Waals surface area contributed by atoms with E-state index in [1.807, 2.05) is 18.2 Å². The highest BCUT2D eigenvalue weighted by atomic mass is 16.5. The summed E-state index contributed by atoms with van der Waals surface area (Å²) < 4.78 is 10.5. The van der Waals surface area contributed by atoms with Crippen molar-refractivity contribution in [1.29, 1.82) is 0 Å². The minimum Gasteiger partial charge on any atom is -0.497 e. The number of hydrogen-bond donors (Lipinski definition) is 1. The fourth-order valence-corrected chi connectivity index (χ4v) is 1.65. The molecule has 0 aromatic heterocycles. The molecule has 0 fully saturated rings. The summed E-state index contributed by atoms with van der Waals surface area (Å²) in [5.74, 6) is 3.06. The molecule has 0 saturated carbocycles. The van der Waals surface area contributed by atoms with Crippen LogP contribution in [0.15, 0.2) is 18.2 Å². The molecule has 1 N–H and O–H groups in total. The van der Waals surface area contributed by atoms with E-state index in [0.717, 1.165) is 24.6 Å². The first kappa shape index (κ1) is 14.8. The highest BCUT2D eigenvalue weighted by Gasteiger charge is 2.07. The van der Waals surface area contributed by atoms with Crippen molar-refractivity contribution >= 4 is 0 Å². The molecule has 3 nitrogen and oxygen atoms in total. The van der Waals surface area contributed by atoms with Gasteiger partial charge in [0.25, 0.3) is 0 Å². The van der Waals surface area contributed by atoms with E-state index in [9.17, 15) is 0 Å². The van der Waals surface area contributed by atoms with Crippen molar-refractivity contribution in [3.63, 3.8) is 0 Å². The van der Waals surface area contributed by atoms with Crippen LogP contribution in [0.25, 0.3) is 0 Å². The third kappa shape index (κ3) is 4.57. The minimum absolute atomic E-state index is 0.678. The van der Waals surface area contributed by atoms with Crippen molar-refractivity contribution in [2.24, 2.45) is 11.8 Å². The Morgan fingerprint density at radius 1 is 1.00 bits per heavy atom. The van der Waals surface area contributed by atoms with Gasteiger partial charge in [-0.1, -0.05) is 20.8 Å². The van der Waals surface area contributed by atoms with E-state index in [-0.39, 0.29) is 0 Å². The van der Waals surface area contributed by atoms with Crippen LogP contribution in [0.4, 0.5) is 0 Å². The normalized spacial score (nSPS) is 12.6. The molecular formula is C15H25NO2. The second kappa shape index (κ2) is 7.27. The summed E-state index contributed by atoms with van der Waals surface area (Å²) in [6, 6.07) is 5.96. The van der Waals surface area contributed by atoms with E-state index >= 15 is 0 Å². The molecule has 1 unspecified atom stereocenters. The summed E-state index contributed by atoms with van der Waals surface area (Å²) in [7, 11) is 3.35. The summed E-state index contributed by atoms with van der Waals surface area (Å²) in [4.78, 5) is 0. The molecular weight excluding hydrogens is 226 g/mol. The summed E-state index contributed by atoms with van der Waals surface area (Å²) in [6.45, 7) is 8.63. The van der Waals surface area contributed by atoms with E-state index in [0.29, 0.717) is 11.8 Å². The molecule has 1 aromatic carbocycles. The topological polar surface area (TPSA) is 30.5 Å². The van der Waals surface area contributed by atoms with Gasteiger partial charge in [-0.15, -0.1) is 0 Å². The first-order valence-corrected chi connectivity index (χ1v) is 6.49. The SMILES string of the molecule is COc1cc(CNCC(C)C(C)C)cc(OC)c1. The number of methoxy groups -OCH3 is 2. The predicted molar refractivity (Wildman–Crippen MR) is 75.3 cm³/mol. The van der Waals surface area contributed by atoms with Gasteiger partial charge in [-0.05, 0) is 36.1 Å². The van der Waals surface area contributed by atoms with Crippen molar-refractivity contribution in [2.75, 3.05) is 20.8 Å². The monoisotopic (exact) mass is 251 g/mol. The molecule has 18 heavy (non-hydrogen) atoms. The molecule has 3 heteroatoms. The molecule has 0 aliphatic heterocycles. The van der Waals surface area contributed by atoms with Gasteiger partial charge in [0.05, 0.1) is 14.2 Å². The van der Waals surface area contributed by atoms with Crippen molar-refractivity contribution in [3.05, 3.63) is 23.8 Å². The third-order valence-electron chi connectivity index (χ3n) is 3.34. The molecule has 1 rings (SSSR count). The van der Waals surface area contributed by atoms with Gasteiger partial charge in [0.2, 0.25) is 0 Å². The van der Waals surface area contributed by atoms with Gasteiger partial charge < -0.3 is 14.8 Å². The molecule has 0 spiro atoms. The average Bonchev–Trinajstić information content (AvgIpc) is 2.37. The van der Waals surface area contributed by atoms with E-state index < -0.39 is 0 Å². The Labute approximate surface area is 110 Å². The molecule has 0 bridgehead atoms. The number of ether oxygens (including phenoxy) is 2. The van der Waals surface area contributed by atoms with Gasteiger partial charge >= 0.3 is 0 Å². The summed E-state index contributed by atoms with van der Waals surface area (Å²) in [6.07, 6.45) is 0. The molecule has 1 atom stereocenters. The predicted octanol–water partition coefficient (Wildman–Crippen LogP) is 3.09. The van der Waals surface area contributed by atoms with Crippen molar-refractivity contribution < 1.29 is 9.47 Å². The van der Waals surface area contributed by atoms with Crippen LogP contribution in [-0.2, 0) is 6.54 Å². The molecule has 0 heterocycles. The number of nitrogens with one attached hydrogen (secondary N) is 1. The number of benzene rings is 1. The zero-order valence-electron chi connectivity index (χ0n) is 12.1. The second-order valence-corrected chi connectivity index (χ2v) is 5.07. The van der Waals surface area contributed by atoms with E-state index in [1.165, 1.54) is 5.56 Å². The third-order valence-corrected chi connectivity index (χ3v) is 3.34. The van der Waals surface area contributed by atoms with Crippen LogP contribution in [-0.4, -0.2) is 20.8 Å². The van der Waals surface area contributed by atoms with Crippen LogP contribution in [0.3, 0.4) is 0 Å². The fourth-order valence-electron chi connectivity index (χ4n) is 1.65. The van der Waals surface area contributed by atoms with Crippen LogP contribution in [0.2, 0.25) is 0 Å². The van der Waals surface area contributed by atoms with Gasteiger partial charge in [-0.2, -0.15) is 0 Å². The lowest BCUT2D eigenvalue weighted by molar-refractivity contribution is 0.386. The summed E-state index contributed by atoms with van der Waals surface area (Å²) in [5, 5.41) is 3.47. The summed E-state index contributed by atoms with van der Waals surface area (Å²) >= 11 is 0. The maximum absolute atomic E-state index is 5.26. The zero-order valence-corrected chi connectivity index (χ0v) is 12.1. The van der Waals surface area contributed by atoms with Crippen LogP contribution >= 0.6 is 0 Å². The van der Waals surface area contributed by atoms with Gasteiger partial charge in [0, 0.05) is 12.6 Å². The van der Waals surface area contributed by atoms with Crippen LogP contribution in [0, 0.1) is 11.8 Å². The Morgan fingerprint density at radius 3 is 2.00 bits per heavy atom. The number of rotatable bonds is 7. The summed E-state index contributed by atoms with van der Waals surface area (Å²) in [5.41, 5.74) is 1.18. The maximum Gasteiger partial charge on any atom is 0.122 e. The van der Waals surface area contributed by atoms with Gasteiger partial charge in [-0.3, -0.25) is 0 Å².